The Balaban J connectivity index is 2.12. The SMILES string of the molecule is CC(C)C1CCC(=O)C(Cc2cccc(F)c2Br)C1. The highest BCUT2D eigenvalue weighted by Crippen LogP contribution is 2.34. The maximum absolute atomic E-state index is 13.5. The van der Waals surface area contributed by atoms with E-state index >= 15 is 0 Å². The Labute approximate surface area is 122 Å². The Bertz CT molecular complexity index is 470. The van der Waals surface area contributed by atoms with Gasteiger partial charge in [0.05, 0.1) is 4.47 Å². The van der Waals surface area contributed by atoms with Crippen LogP contribution in [-0.4, -0.2) is 5.78 Å². The van der Waals surface area contributed by atoms with E-state index in [9.17, 15) is 9.18 Å². The fraction of sp³-hybridized carbons (Fsp3) is 0.562. The molecule has 0 spiro atoms. The minimum absolute atomic E-state index is 0.0549. The average molecular weight is 327 g/mol. The summed E-state index contributed by atoms with van der Waals surface area (Å²) in [7, 11) is 0. The van der Waals surface area contributed by atoms with Crippen LogP contribution in [-0.2, 0) is 11.2 Å². The fourth-order valence-corrected chi connectivity index (χ4v) is 3.35. The summed E-state index contributed by atoms with van der Waals surface area (Å²) in [6.07, 6.45) is 3.29. The smallest absolute Gasteiger partial charge is 0.137 e. The van der Waals surface area contributed by atoms with Gasteiger partial charge in [-0.15, -0.1) is 0 Å². The van der Waals surface area contributed by atoms with Crippen LogP contribution in [0.4, 0.5) is 4.39 Å². The zero-order valence-corrected chi connectivity index (χ0v) is 13.0. The third-order valence-electron chi connectivity index (χ3n) is 4.24. The van der Waals surface area contributed by atoms with Crippen LogP contribution in [0.2, 0.25) is 0 Å². The number of hydrogen-bond donors (Lipinski definition) is 0. The average Bonchev–Trinajstić information content (AvgIpc) is 2.37. The Hall–Kier alpha value is -0.700. The molecule has 2 atom stereocenters. The molecule has 0 amide bonds. The molecule has 1 aliphatic carbocycles. The third-order valence-corrected chi connectivity index (χ3v) is 5.13. The van der Waals surface area contributed by atoms with Gasteiger partial charge in [-0.2, -0.15) is 0 Å². The monoisotopic (exact) mass is 326 g/mol. The van der Waals surface area contributed by atoms with E-state index in [4.69, 9.17) is 0 Å². The molecule has 0 aliphatic heterocycles. The quantitative estimate of drug-likeness (QED) is 0.781. The minimum atomic E-state index is -0.249. The van der Waals surface area contributed by atoms with Gasteiger partial charge >= 0.3 is 0 Å². The molecule has 1 aliphatic rings. The number of halogens is 2. The summed E-state index contributed by atoms with van der Waals surface area (Å²) in [4.78, 5) is 12.1. The second kappa shape index (κ2) is 6.17. The number of hydrogen-bond acceptors (Lipinski definition) is 1. The molecule has 1 saturated carbocycles. The van der Waals surface area contributed by atoms with E-state index in [1.807, 2.05) is 6.07 Å². The van der Waals surface area contributed by atoms with Gasteiger partial charge in [-0.05, 0) is 58.7 Å². The molecule has 19 heavy (non-hydrogen) atoms. The van der Waals surface area contributed by atoms with E-state index in [0.29, 0.717) is 34.9 Å². The number of carbonyl (C=O) groups is 1. The van der Waals surface area contributed by atoms with Gasteiger partial charge in [0.15, 0.2) is 0 Å². The standard InChI is InChI=1S/C16H20BrFO/c1-10(2)11-6-7-15(19)13(8-11)9-12-4-3-5-14(18)16(12)17/h3-5,10-11,13H,6-9H2,1-2H3. The summed E-state index contributed by atoms with van der Waals surface area (Å²) in [6.45, 7) is 4.44. The minimum Gasteiger partial charge on any atom is -0.299 e. The lowest BCUT2D eigenvalue weighted by atomic mass is 9.73. The van der Waals surface area contributed by atoms with Crippen molar-refractivity contribution < 1.29 is 9.18 Å². The first-order chi connectivity index (χ1) is 8.99. The zero-order chi connectivity index (χ0) is 14.0. The lowest BCUT2D eigenvalue weighted by Gasteiger charge is -2.30. The van der Waals surface area contributed by atoms with Crippen molar-refractivity contribution in [1.29, 1.82) is 0 Å². The summed E-state index contributed by atoms with van der Waals surface area (Å²) in [5.41, 5.74) is 0.905. The molecule has 0 N–H and O–H groups in total. The van der Waals surface area contributed by atoms with Crippen LogP contribution in [0.25, 0.3) is 0 Å². The van der Waals surface area contributed by atoms with Crippen LogP contribution in [0.15, 0.2) is 22.7 Å². The Morgan fingerprint density at radius 3 is 2.84 bits per heavy atom. The second-order valence-corrected chi connectivity index (χ2v) is 6.65. The van der Waals surface area contributed by atoms with Crippen molar-refractivity contribution in [3.63, 3.8) is 0 Å². The number of benzene rings is 1. The van der Waals surface area contributed by atoms with Gasteiger partial charge < -0.3 is 0 Å². The molecular weight excluding hydrogens is 307 g/mol. The highest BCUT2D eigenvalue weighted by molar-refractivity contribution is 9.10. The molecule has 0 saturated heterocycles. The van der Waals surface area contributed by atoms with Gasteiger partial charge in [-0.1, -0.05) is 26.0 Å². The van der Waals surface area contributed by atoms with Gasteiger partial charge in [-0.25, -0.2) is 4.39 Å². The molecule has 0 radical (unpaired) electrons. The van der Waals surface area contributed by atoms with Crippen LogP contribution in [0.1, 0.15) is 38.7 Å². The van der Waals surface area contributed by atoms with Crippen LogP contribution in [0.5, 0.6) is 0 Å². The van der Waals surface area contributed by atoms with Crippen LogP contribution in [0, 0.1) is 23.6 Å². The van der Waals surface area contributed by atoms with Gasteiger partial charge in [0, 0.05) is 12.3 Å². The second-order valence-electron chi connectivity index (χ2n) is 5.86. The molecule has 1 aromatic rings. The molecule has 0 heterocycles. The van der Waals surface area contributed by atoms with Gasteiger partial charge in [0.1, 0.15) is 11.6 Å². The summed E-state index contributed by atoms with van der Waals surface area (Å²) in [5, 5.41) is 0. The lowest BCUT2D eigenvalue weighted by Crippen LogP contribution is -2.29. The van der Waals surface area contributed by atoms with Crippen molar-refractivity contribution in [2.45, 2.75) is 39.5 Å². The highest BCUT2D eigenvalue weighted by atomic mass is 79.9. The Morgan fingerprint density at radius 2 is 2.16 bits per heavy atom. The third kappa shape index (κ3) is 3.44. The number of carbonyl (C=O) groups excluding carboxylic acids is 1. The molecule has 0 bridgehead atoms. The first kappa shape index (κ1) is 14.7. The molecule has 1 nitrogen and oxygen atoms in total. The van der Waals surface area contributed by atoms with Crippen molar-refractivity contribution in [3.8, 4) is 0 Å². The van der Waals surface area contributed by atoms with Crippen molar-refractivity contribution in [2.24, 2.45) is 17.8 Å². The Kier molecular flexibility index (Phi) is 4.77. The van der Waals surface area contributed by atoms with Crippen molar-refractivity contribution in [1.82, 2.24) is 0 Å². The van der Waals surface area contributed by atoms with Gasteiger partial charge in [0.25, 0.3) is 0 Å². The van der Waals surface area contributed by atoms with E-state index in [1.54, 1.807) is 6.07 Å². The number of Topliss-reactive ketones (excluding diaryl/α,β-unsaturated/α-hetero) is 1. The first-order valence-corrected chi connectivity index (χ1v) is 7.74. The largest absolute Gasteiger partial charge is 0.299 e. The molecule has 2 unspecified atom stereocenters. The molecular formula is C16H20BrFO. The van der Waals surface area contributed by atoms with Gasteiger partial charge in [0.2, 0.25) is 0 Å². The maximum atomic E-state index is 13.5. The summed E-state index contributed by atoms with van der Waals surface area (Å²) in [6, 6.07) is 5.05. The Morgan fingerprint density at radius 1 is 1.42 bits per heavy atom. The molecule has 104 valence electrons. The molecule has 2 rings (SSSR count). The van der Waals surface area contributed by atoms with E-state index in [-0.39, 0.29) is 11.7 Å². The number of rotatable bonds is 3. The molecule has 3 heteroatoms. The van der Waals surface area contributed by atoms with E-state index < -0.39 is 0 Å². The van der Waals surface area contributed by atoms with Gasteiger partial charge in [-0.3, -0.25) is 4.79 Å². The van der Waals surface area contributed by atoms with E-state index in [2.05, 4.69) is 29.8 Å². The molecule has 0 aromatic heterocycles. The number of ketones is 1. The maximum Gasteiger partial charge on any atom is 0.137 e. The first-order valence-electron chi connectivity index (χ1n) is 6.94. The predicted molar refractivity (Wildman–Crippen MR) is 78.5 cm³/mol. The van der Waals surface area contributed by atoms with E-state index in [1.165, 1.54) is 6.07 Å². The van der Waals surface area contributed by atoms with Crippen molar-refractivity contribution >= 4 is 21.7 Å². The van der Waals surface area contributed by atoms with Crippen molar-refractivity contribution in [2.75, 3.05) is 0 Å². The van der Waals surface area contributed by atoms with Crippen LogP contribution < -0.4 is 0 Å². The molecule has 1 fully saturated rings. The summed E-state index contributed by atoms with van der Waals surface area (Å²) >= 11 is 3.28. The predicted octanol–water partition coefficient (Wildman–Crippen LogP) is 4.77. The normalized spacial score (nSPS) is 23.9. The van der Waals surface area contributed by atoms with E-state index in [0.717, 1.165) is 18.4 Å². The topological polar surface area (TPSA) is 17.1 Å². The van der Waals surface area contributed by atoms with Crippen LogP contribution in [0.3, 0.4) is 0 Å². The lowest BCUT2D eigenvalue weighted by molar-refractivity contribution is -0.125. The highest BCUT2D eigenvalue weighted by Gasteiger charge is 2.30. The van der Waals surface area contributed by atoms with Crippen molar-refractivity contribution in [3.05, 3.63) is 34.1 Å². The van der Waals surface area contributed by atoms with Crippen LogP contribution >= 0.6 is 15.9 Å². The molecule has 1 aromatic carbocycles. The summed E-state index contributed by atoms with van der Waals surface area (Å²) < 4.78 is 14.0. The fourth-order valence-electron chi connectivity index (χ4n) is 2.92. The zero-order valence-electron chi connectivity index (χ0n) is 11.5. The summed E-state index contributed by atoms with van der Waals surface area (Å²) in [5.74, 6) is 1.38.